The van der Waals surface area contributed by atoms with Crippen molar-refractivity contribution in [3.63, 3.8) is 0 Å². The molecule has 0 bridgehead atoms. The minimum absolute atomic E-state index is 0.103. The van der Waals surface area contributed by atoms with Gasteiger partial charge in [-0.1, -0.05) is 83.3 Å². The summed E-state index contributed by atoms with van der Waals surface area (Å²) in [4.78, 5) is 22.1. The van der Waals surface area contributed by atoms with Crippen LogP contribution in [0.2, 0.25) is 0 Å². The summed E-state index contributed by atoms with van der Waals surface area (Å²) < 4.78 is 0. The first-order valence-corrected chi connectivity index (χ1v) is 14.4. The van der Waals surface area contributed by atoms with E-state index >= 15 is 0 Å². The number of carboxylic acid groups (broad SMARTS) is 2. The number of hydrogen-bond donors (Lipinski definition) is 3. The standard InChI is InChI=1S/C27H48O5S/c1-2-3-4-5-6-7-8-9-10-11-12-13-14-16-24(33-22-15-17-25(28)29)27(32)20-18-23(19-21-27)26(30)31/h14,16,23-24,32H,2-13,15,17-22H2,1H3,(H,28,29)(H,30,31)/b16-14-. The second kappa shape index (κ2) is 18.3. The predicted molar refractivity (Wildman–Crippen MR) is 138 cm³/mol. The first-order valence-electron chi connectivity index (χ1n) is 13.3. The molecule has 1 unspecified atom stereocenters. The summed E-state index contributed by atoms with van der Waals surface area (Å²) >= 11 is 1.62. The number of carboxylic acids is 2. The minimum atomic E-state index is -0.895. The SMILES string of the molecule is CCCCCCCCCCCCC/C=C\C(SCCCC(=O)O)C1(O)CCC(C(=O)O)CC1. The van der Waals surface area contributed by atoms with Crippen LogP contribution in [0.3, 0.4) is 0 Å². The summed E-state index contributed by atoms with van der Waals surface area (Å²) in [5, 5.41) is 29.3. The second-order valence-electron chi connectivity index (χ2n) is 9.76. The minimum Gasteiger partial charge on any atom is -0.481 e. The lowest BCUT2D eigenvalue weighted by Crippen LogP contribution is -2.44. The lowest BCUT2D eigenvalue weighted by atomic mass is 9.77. The molecule has 0 aromatic rings. The van der Waals surface area contributed by atoms with Gasteiger partial charge >= 0.3 is 11.9 Å². The molecule has 5 nitrogen and oxygen atoms in total. The largest absolute Gasteiger partial charge is 0.481 e. The lowest BCUT2D eigenvalue weighted by molar-refractivity contribution is -0.144. The Morgan fingerprint density at radius 2 is 1.45 bits per heavy atom. The van der Waals surface area contributed by atoms with Gasteiger partial charge in [0.1, 0.15) is 0 Å². The number of aliphatic hydroxyl groups is 1. The van der Waals surface area contributed by atoms with Gasteiger partial charge in [0.15, 0.2) is 0 Å². The molecular weight excluding hydrogens is 436 g/mol. The van der Waals surface area contributed by atoms with Crippen LogP contribution >= 0.6 is 11.8 Å². The second-order valence-corrected chi connectivity index (χ2v) is 11.0. The summed E-state index contributed by atoms with van der Waals surface area (Å²) in [5.74, 6) is -1.23. The maximum Gasteiger partial charge on any atom is 0.306 e. The Hall–Kier alpha value is -1.01. The lowest BCUT2D eigenvalue weighted by Gasteiger charge is -2.39. The van der Waals surface area contributed by atoms with Crippen LogP contribution in [0, 0.1) is 5.92 Å². The van der Waals surface area contributed by atoms with E-state index in [1.165, 1.54) is 64.2 Å². The topological polar surface area (TPSA) is 94.8 Å². The predicted octanol–water partition coefficient (Wildman–Crippen LogP) is 7.22. The van der Waals surface area contributed by atoms with Crippen molar-refractivity contribution in [1.29, 1.82) is 0 Å². The number of thioether (sulfide) groups is 1. The van der Waals surface area contributed by atoms with Gasteiger partial charge in [-0.15, -0.1) is 0 Å². The Kier molecular flexibility index (Phi) is 16.7. The van der Waals surface area contributed by atoms with E-state index in [1.807, 2.05) is 0 Å². The van der Waals surface area contributed by atoms with Gasteiger partial charge < -0.3 is 15.3 Å². The van der Waals surface area contributed by atoms with Crippen molar-refractivity contribution in [3.8, 4) is 0 Å². The normalized spacial score (nSPS) is 21.9. The third-order valence-electron chi connectivity index (χ3n) is 6.85. The van der Waals surface area contributed by atoms with Gasteiger partial charge in [-0.2, -0.15) is 11.8 Å². The number of rotatable bonds is 20. The molecule has 0 aromatic heterocycles. The van der Waals surface area contributed by atoms with E-state index in [9.17, 15) is 19.8 Å². The summed E-state index contributed by atoms with van der Waals surface area (Å²) in [5.41, 5.74) is -0.895. The molecule has 33 heavy (non-hydrogen) atoms. The van der Waals surface area contributed by atoms with E-state index in [4.69, 9.17) is 5.11 Å². The molecule has 192 valence electrons. The van der Waals surface area contributed by atoms with Crippen LogP contribution in [0.1, 0.15) is 122 Å². The average Bonchev–Trinajstić information content (AvgIpc) is 2.78. The van der Waals surface area contributed by atoms with Gasteiger partial charge in [0.25, 0.3) is 0 Å². The Balaban J connectivity index is 2.32. The van der Waals surface area contributed by atoms with Crippen molar-refractivity contribution in [2.45, 2.75) is 133 Å². The highest BCUT2D eigenvalue weighted by Gasteiger charge is 2.40. The van der Waals surface area contributed by atoms with Gasteiger partial charge in [0.05, 0.1) is 16.8 Å². The van der Waals surface area contributed by atoms with Crippen LogP contribution in [-0.2, 0) is 9.59 Å². The molecule has 0 saturated heterocycles. The molecule has 6 heteroatoms. The maximum absolute atomic E-state index is 11.3. The number of allylic oxidation sites excluding steroid dienone is 1. The fourth-order valence-corrected chi connectivity index (χ4v) is 5.95. The quantitative estimate of drug-likeness (QED) is 0.125. The summed E-state index contributed by atoms with van der Waals surface area (Å²) in [7, 11) is 0. The van der Waals surface area contributed by atoms with Gasteiger partial charge in [-0.05, 0) is 50.7 Å². The molecule has 1 rings (SSSR count). The monoisotopic (exact) mass is 484 g/mol. The average molecular weight is 485 g/mol. The zero-order valence-corrected chi connectivity index (χ0v) is 21.6. The highest BCUT2D eigenvalue weighted by atomic mass is 32.2. The zero-order valence-electron chi connectivity index (χ0n) is 20.8. The molecule has 0 aliphatic heterocycles. The van der Waals surface area contributed by atoms with Crippen LogP contribution in [0.4, 0.5) is 0 Å². The van der Waals surface area contributed by atoms with Gasteiger partial charge in [0, 0.05) is 6.42 Å². The highest BCUT2D eigenvalue weighted by molar-refractivity contribution is 8.00. The molecule has 0 aromatic carbocycles. The van der Waals surface area contributed by atoms with Gasteiger partial charge in [-0.25, -0.2) is 0 Å². The van der Waals surface area contributed by atoms with Gasteiger partial charge in [-0.3, -0.25) is 9.59 Å². The van der Waals surface area contributed by atoms with Crippen molar-refractivity contribution >= 4 is 23.7 Å². The van der Waals surface area contributed by atoms with Crippen LogP contribution in [0.15, 0.2) is 12.2 Å². The van der Waals surface area contributed by atoms with Crippen LogP contribution in [0.5, 0.6) is 0 Å². The first kappa shape index (κ1) is 30.0. The van der Waals surface area contributed by atoms with Crippen LogP contribution < -0.4 is 0 Å². The van der Waals surface area contributed by atoms with E-state index in [0.717, 1.165) is 12.8 Å². The van der Waals surface area contributed by atoms with Crippen LogP contribution in [-0.4, -0.2) is 43.9 Å². The van der Waals surface area contributed by atoms with Gasteiger partial charge in [0.2, 0.25) is 0 Å². The molecule has 0 radical (unpaired) electrons. The van der Waals surface area contributed by atoms with Crippen molar-refractivity contribution in [3.05, 3.63) is 12.2 Å². The molecule has 3 N–H and O–H groups in total. The van der Waals surface area contributed by atoms with Crippen molar-refractivity contribution in [1.82, 2.24) is 0 Å². The maximum atomic E-state index is 11.3. The fraction of sp³-hybridized carbons (Fsp3) is 0.852. The third kappa shape index (κ3) is 14.1. The first-order chi connectivity index (χ1) is 15.9. The Morgan fingerprint density at radius 3 is 1.97 bits per heavy atom. The summed E-state index contributed by atoms with van der Waals surface area (Å²) in [6, 6.07) is 0. The number of carbonyl (C=O) groups is 2. The van der Waals surface area contributed by atoms with E-state index in [2.05, 4.69) is 19.1 Å². The Bertz CT molecular complexity index is 555. The zero-order chi connectivity index (χ0) is 24.4. The molecule has 0 spiro atoms. The van der Waals surface area contributed by atoms with Crippen LogP contribution in [0.25, 0.3) is 0 Å². The highest BCUT2D eigenvalue weighted by Crippen LogP contribution is 2.40. The van der Waals surface area contributed by atoms with Crippen molar-refractivity contribution in [2.24, 2.45) is 5.92 Å². The summed E-state index contributed by atoms with van der Waals surface area (Å²) in [6.45, 7) is 2.25. The summed E-state index contributed by atoms with van der Waals surface area (Å²) in [6.07, 6.45) is 22.5. The Morgan fingerprint density at radius 1 is 0.909 bits per heavy atom. The third-order valence-corrected chi connectivity index (χ3v) is 8.33. The molecule has 0 heterocycles. The smallest absolute Gasteiger partial charge is 0.306 e. The fourth-order valence-electron chi connectivity index (χ4n) is 4.62. The molecule has 0 amide bonds. The number of hydrogen-bond acceptors (Lipinski definition) is 4. The number of aliphatic carboxylic acids is 2. The van der Waals surface area contributed by atoms with Crippen molar-refractivity contribution < 1.29 is 24.9 Å². The Labute approximate surface area is 205 Å². The molecule has 1 saturated carbocycles. The molecule has 1 aliphatic carbocycles. The molecular formula is C27H48O5S. The van der Waals surface area contributed by atoms with E-state index in [-0.39, 0.29) is 17.6 Å². The van der Waals surface area contributed by atoms with E-state index < -0.39 is 17.5 Å². The molecule has 1 fully saturated rings. The van der Waals surface area contributed by atoms with Crippen molar-refractivity contribution in [2.75, 3.05) is 5.75 Å². The van der Waals surface area contributed by atoms with E-state index in [1.54, 1.807) is 11.8 Å². The van der Waals surface area contributed by atoms with E-state index in [0.29, 0.717) is 37.9 Å². The number of unbranched alkanes of at least 4 members (excludes halogenated alkanes) is 11. The molecule has 1 atom stereocenters. The molecule has 1 aliphatic rings.